The van der Waals surface area contributed by atoms with E-state index in [1.807, 2.05) is 32.9 Å². The number of hydrogen-bond donors (Lipinski definition) is 1. The van der Waals surface area contributed by atoms with Gasteiger partial charge in [0.1, 0.15) is 0 Å². The second-order valence-corrected chi connectivity index (χ2v) is 7.02. The largest absolute Gasteiger partial charge is 0.313 e. The van der Waals surface area contributed by atoms with Crippen molar-refractivity contribution in [2.45, 2.75) is 51.6 Å². The predicted octanol–water partition coefficient (Wildman–Crippen LogP) is 2.61. The molecule has 5 heteroatoms. The SMILES string of the molecule is CCCNCc1cccc(S(=O)(=O)N(CC)C(C)C)c1. The van der Waals surface area contributed by atoms with Crippen LogP contribution in [0.1, 0.15) is 39.7 Å². The molecule has 0 spiro atoms. The van der Waals surface area contributed by atoms with Crippen LogP contribution >= 0.6 is 0 Å². The Morgan fingerprint density at radius 2 is 1.95 bits per heavy atom. The summed E-state index contributed by atoms with van der Waals surface area (Å²) in [6.45, 7) is 9.88. The first kappa shape index (κ1) is 17.1. The molecule has 0 aliphatic rings. The fourth-order valence-electron chi connectivity index (χ4n) is 2.17. The molecule has 0 amide bonds. The minimum absolute atomic E-state index is 0.0353. The quantitative estimate of drug-likeness (QED) is 0.751. The predicted molar refractivity (Wildman–Crippen MR) is 83.1 cm³/mol. The smallest absolute Gasteiger partial charge is 0.243 e. The van der Waals surface area contributed by atoms with Crippen LogP contribution in [0.3, 0.4) is 0 Å². The lowest BCUT2D eigenvalue weighted by molar-refractivity contribution is 0.369. The molecule has 0 heterocycles. The van der Waals surface area contributed by atoms with Gasteiger partial charge in [-0.15, -0.1) is 0 Å². The number of nitrogens with zero attached hydrogens (tertiary/aromatic N) is 1. The Bertz CT molecular complexity index is 512. The lowest BCUT2D eigenvalue weighted by atomic mass is 10.2. The van der Waals surface area contributed by atoms with Crippen LogP contribution in [0.2, 0.25) is 0 Å². The first-order chi connectivity index (χ1) is 9.43. The summed E-state index contributed by atoms with van der Waals surface area (Å²) in [5.74, 6) is 0. The molecule has 114 valence electrons. The number of benzene rings is 1. The Morgan fingerprint density at radius 1 is 1.25 bits per heavy atom. The van der Waals surface area contributed by atoms with Gasteiger partial charge in [-0.3, -0.25) is 0 Å². The lowest BCUT2D eigenvalue weighted by Gasteiger charge is -2.24. The van der Waals surface area contributed by atoms with E-state index in [-0.39, 0.29) is 6.04 Å². The zero-order chi connectivity index (χ0) is 15.2. The van der Waals surface area contributed by atoms with Crippen LogP contribution in [-0.4, -0.2) is 31.9 Å². The van der Waals surface area contributed by atoms with Crippen LogP contribution in [0.25, 0.3) is 0 Å². The Labute approximate surface area is 123 Å². The second kappa shape index (κ2) is 7.76. The van der Waals surface area contributed by atoms with Gasteiger partial charge in [-0.1, -0.05) is 26.0 Å². The molecule has 0 bridgehead atoms. The second-order valence-electron chi connectivity index (χ2n) is 5.13. The van der Waals surface area contributed by atoms with Gasteiger partial charge >= 0.3 is 0 Å². The molecule has 1 aromatic carbocycles. The molecular formula is C15H26N2O2S. The van der Waals surface area contributed by atoms with E-state index >= 15 is 0 Å². The van der Waals surface area contributed by atoms with Crippen LogP contribution in [0, 0.1) is 0 Å². The average molecular weight is 298 g/mol. The maximum Gasteiger partial charge on any atom is 0.243 e. The molecule has 0 aliphatic carbocycles. The number of hydrogen-bond acceptors (Lipinski definition) is 3. The highest BCUT2D eigenvalue weighted by molar-refractivity contribution is 7.89. The summed E-state index contributed by atoms with van der Waals surface area (Å²) in [7, 11) is -3.40. The summed E-state index contributed by atoms with van der Waals surface area (Å²) < 4.78 is 26.7. The Balaban J connectivity index is 2.98. The van der Waals surface area contributed by atoms with Crippen LogP contribution < -0.4 is 5.32 Å². The molecule has 1 N–H and O–H groups in total. The summed E-state index contributed by atoms with van der Waals surface area (Å²) in [6, 6.07) is 7.16. The zero-order valence-electron chi connectivity index (χ0n) is 12.9. The highest BCUT2D eigenvalue weighted by Gasteiger charge is 2.25. The van der Waals surface area contributed by atoms with Crippen molar-refractivity contribution in [3.63, 3.8) is 0 Å². The molecule has 0 atom stereocenters. The van der Waals surface area contributed by atoms with Crippen molar-refractivity contribution in [3.05, 3.63) is 29.8 Å². The Morgan fingerprint density at radius 3 is 2.50 bits per heavy atom. The van der Waals surface area contributed by atoms with Crippen molar-refractivity contribution in [1.82, 2.24) is 9.62 Å². The number of rotatable bonds is 8. The van der Waals surface area contributed by atoms with Gasteiger partial charge in [-0.05, 0) is 44.5 Å². The molecule has 0 fully saturated rings. The van der Waals surface area contributed by atoms with Gasteiger partial charge in [0.15, 0.2) is 0 Å². The monoisotopic (exact) mass is 298 g/mol. The van der Waals surface area contributed by atoms with Crippen molar-refractivity contribution in [3.8, 4) is 0 Å². The number of sulfonamides is 1. The van der Waals surface area contributed by atoms with Crippen molar-refractivity contribution < 1.29 is 8.42 Å². The third kappa shape index (κ3) is 4.30. The highest BCUT2D eigenvalue weighted by Crippen LogP contribution is 2.19. The fraction of sp³-hybridized carbons (Fsp3) is 0.600. The minimum atomic E-state index is -3.40. The van der Waals surface area contributed by atoms with E-state index in [0.717, 1.165) is 18.5 Å². The third-order valence-electron chi connectivity index (χ3n) is 3.15. The molecule has 20 heavy (non-hydrogen) atoms. The van der Waals surface area contributed by atoms with Crippen LogP contribution in [-0.2, 0) is 16.6 Å². The van der Waals surface area contributed by atoms with Crippen molar-refractivity contribution in [2.75, 3.05) is 13.1 Å². The van der Waals surface area contributed by atoms with Gasteiger partial charge in [0.2, 0.25) is 10.0 Å². The zero-order valence-corrected chi connectivity index (χ0v) is 13.7. The van der Waals surface area contributed by atoms with E-state index in [9.17, 15) is 8.42 Å². The van der Waals surface area contributed by atoms with Gasteiger partial charge in [0, 0.05) is 19.1 Å². The van der Waals surface area contributed by atoms with Gasteiger partial charge in [0.05, 0.1) is 4.90 Å². The fourth-order valence-corrected chi connectivity index (χ4v) is 3.89. The van der Waals surface area contributed by atoms with Gasteiger partial charge in [-0.25, -0.2) is 8.42 Å². The molecule has 0 aliphatic heterocycles. The van der Waals surface area contributed by atoms with E-state index in [4.69, 9.17) is 0 Å². The summed E-state index contributed by atoms with van der Waals surface area (Å²) in [5.41, 5.74) is 0.999. The minimum Gasteiger partial charge on any atom is -0.313 e. The molecule has 0 saturated heterocycles. The standard InChI is InChI=1S/C15H26N2O2S/c1-5-10-16-12-14-8-7-9-15(11-14)20(18,19)17(6-2)13(3)4/h7-9,11,13,16H,5-6,10,12H2,1-4H3. The normalized spacial score (nSPS) is 12.3. The molecule has 0 radical (unpaired) electrons. The maximum absolute atomic E-state index is 12.6. The number of nitrogens with one attached hydrogen (secondary N) is 1. The molecule has 1 aromatic rings. The van der Waals surface area contributed by atoms with E-state index < -0.39 is 10.0 Å². The van der Waals surface area contributed by atoms with Gasteiger partial charge < -0.3 is 5.32 Å². The molecule has 4 nitrogen and oxygen atoms in total. The van der Waals surface area contributed by atoms with Crippen LogP contribution in [0.4, 0.5) is 0 Å². The molecule has 0 unspecified atom stereocenters. The van der Waals surface area contributed by atoms with Crippen molar-refractivity contribution >= 4 is 10.0 Å². The molecular weight excluding hydrogens is 272 g/mol. The van der Waals surface area contributed by atoms with Gasteiger partial charge in [-0.2, -0.15) is 4.31 Å². The average Bonchev–Trinajstić information content (AvgIpc) is 2.39. The maximum atomic E-state index is 12.6. The lowest BCUT2D eigenvalue weighted by Crippen LogP contribution is -2.36. The summed E-state index contributed by atoms with van der Waals surface area (Å²) in [5, 5.41) is 3.29. The third-order valence-corrected chi connectivity index (χ3v) is 5.30. The molecule has 0 saturated carbocycles. The topological polar surface area (TPSA) is 49.4 Å². The van der Waals surface area contributed by atoms with Crippen molar-refractivity contribution in [2.24, 2.45) is 0 Å². The van der Waals surface area contributed by atoms with Crippen molar-refractivity contribution in [1.29, 1.82) is 0 Å². The summed E-state index contributed by atoms with van der Waals surface area (Å²) >= 11 is 0. The van der Waals surface area contributed by atoms with E-state index in [1.54, 1.807) is 12.1 Å². The van der Waals surface area contributed by atoms with E-state index in [2.05, 4.69) is 12.2 Å². The summed E-state index contributed by atoms with van der Waals surface area (Å²) in [6.07, 6.45) is 1.06. The molecule has 1 rings (SSSR count). The van der Waals surface area contributed by atoms with Gasteiger partial charge in [0.25, 0.3) is 0 Å². The van der Waals surface area contributed by atoms with Crippen LogP contribution in [0.15, 0.2) is 29.2 Å². The Kier molecular flexibility index (Phi) is 6.65. The first-order valence-electron chi connectivity index (χ1n) is 7.25. The Hall–Kier alpha value is -0.910. The first-order valence-corrected chi connectivity index (χ1v) is 8.69. The van der Waals surface area contributed by atoms with E-state index in [0.29, 0.717) is 18.0 Å². The summed E-state index contributed by atoms with van der Waals surface area (Å²) in [4.78, 5) is 0.379. The highest BCUT2D eigenvalue weighted by atomic mass is 32.2. The molecule has 0 aromatic heterocycles. The van der Waals surface area contributed by atoms with Crippen LogP contribution in [0.5, 0.6) is 0 Å². The van der Waals surface area contributed by atoms with E-state index in [1.165, 1.54) is 4.31 Å².